The second kappa shape index (κ2) is 7.97. The smallest absolute Gasteiger partial charge is 0.307 e. The number of carboxylic acids is 1. The summed E-state index contributed by atoms with van der Waals surface area (Å²) in [5, 5.41) is 9.16. The number of hydrogen-bond acceptors (Lipinski definition) is 3. The minimum Gasteiger partial charge on any atom is -0.492 e. The maximum Gasteiger partial charge on any atom is 0.307 e. The van der Waals surface area contributed by atoms with Crippen LogP contribution in [0.2, 0.25) is 0 Å². The quantitative estimate of drug-likeness (QED) is 0.883. The third-order valence-corrected chi connectivity index (χ3v) is 4.49. The van der Waals surface area contributed by atoms with Gasteiger partial charge in [-0.05, 0) is 31.0 Å². The summed E-state index contributed by atoms with van der Waals surface area (Å²) in [6.07, 6.45) is 1.72. The Labute approximate surface area is 142 Å². The van der Waals surface area contributed by atoms with Gasteiger partial charge in [0.05, 0.1) is 5.92 Å². The standard InChI is InChI=1S/C20H23NO3/c22-20(23)17-9-6-12-21(15-17)13-14-24-19-11-5-4-10-18(19)16-7-2-1-3-8-16/h1-5,7-8,10-11,17H,6,9,12-15H2,(H,22,23). The molecule has 2 aromatic rings. The van der Waals surface area contributed by atoms with Crippen LogP contribution in [0.4, 0.5) is 0 Å². The number of hydrogen-bond donors (Lipinski definition) is 1. The van der Waals surface area contributed by atoms with Crippen LogP contribution >= 0.6 is 0 Å². The van der Waals surface area contributed by atoms with Gasteiger partial charge in [-0.2, -0.15) is 0 Å². The van der Waals surface area contributed by atoms with Crippen LogP contribution in [0.1, 0.15) is 12.8 Å². The molecule has 0 saturated carbocycles. The molecule has 3 rings (SSSR count). The zero-order chi connectivity index (χ0) is 16.8. The van der Waals surface area contributed by atoms with Gasteiger partial charge in [0, 0.05) is 18.7 Å². The molecule has 126 valence electrons. The van der Waals surface area contributed by atoms with Crippen LogP contribution in [0.15, 0.2) is 54.6 Å². The molecule has 1 aliphatic rings. The molecule has 4 nitrogen and oxygen atoms in total. The number of para-hydroxylation sites is 1. The number of rotatable bonds is 6. The van der Waals surface area contributed by atoms with E-state index in [0.717, 1.165) is 42.8 Å². The van der Waals surface area contributed by atoms with Crippen LogP contribution in [0.5, 0.6) is 5.75 Å². The Kier molecular flexibility index (Phi) is 5.49. The maximum atomic E-state index is 11.1. The molecule has 0 radical (unpaired) electrons. The first-order valence-electron chi connectivity index (χ1n) is 8.46. The van der Waals surface area contributed by atoms with Crippen molar-refractivity contribution in [1.29, 1.82) is 0 Å². The fourth-order valence-electron chi connectivity index (χ4n) is 3.19. The van der Waals surface area contributed by atoms with Gasteiger partial charge in [0.1, 0.15) is 12.4 Å². The third kappa shape index (κ3) is 4.15. The summed E-state index contributed by atoms with van der Waals surface area (Å²) in [5.74, 6) is -0.0547. The van der Waals surface area contributed by atoms with Crippen molar-refractivity contribution in [3.63, 3.8) is 0 Å². The fourth-order valence-corrected chi connectivity index (χ4v) is 3.19. The van der Waals surface area contributed by atoms with Gasteiger partial charge in [-0.1, -0.05) is 48.5 Å². The summed E-state index contributed by atoms with van der Waals surface area (Å²) in [4.78, 5) is 13.3. The van der Waals surface area contributed by atoms with Crippen molar-refractivity contribution in [3.05, 3.63) is 54.6 Å². The molecule has 0 spiro atoms. The van der Waals surface area contributed by atoms with E-state index in [4.69, 9.17) is 9.84 Å². The second-order valence-electron chi connectivity index (χ2n) is 6.19. The molecule has 24 heavy (non-hydrogen) atoms. The Morgan fingerprint density at radius 3 is 2.67 bits per heavy atom. The normalized spacial score (nSPS) is 18.2. The number of piperidine rings is 1. The summed E-state index contributed by atoms with van der Waals surface area (Å²) < 4.78 is 6.00. The lowest BCUT2D eigenvalue weighted by Crippen LogP contribution is -2.40. The highest BCUT2D eigenvalue weighted by Gasteiger charge is 2.25. The van der Waals surface area contributed by atoms with Crippen molar-refractivity contribution >= 4 is 5.97 Å². The topological polar surface area (TPSA) is 49.8 Å². The van der Waals surface area contributed by atoms with E-state index in [0.29, 0.717) is 13.2 Å². The average Bonchev–Trinajstić information content (AvgIpc) is 2.63. The molecular formula is C20H23NO3. The Hall–Kier alpha value is -2.33. The predicted octanol–water partition coefficient (Wildman–Crippen LogP) is 3.53. The van der Waals surface area contributed by atoms with Gasteiger partial charge in [-0.15, -0.1) is 0 Å². The highest BCUT2D eigenvalue weighted by atomic mass is 16.5. The summed E-state index contributed by atoms with van der Waals surface area (Å²) in [6.45, 7) is 2.90. The van der Waals surface area contributed by atoms with Gasteiger partial charge in [0.25, 0.3) is 0 Å². The summed E-state index contributed by atoms with van der Waals surface area (Å²) in [5.41, 5.74) is 2.22. The molecule has 0 amide bonds. The van der Waals surface area contributed by atoms with Gasteiger partial charge in [0.15, 0.2) is 0 Å². The van der Waals surface area contributed by atoms with E-state index >= 15 is 0 Å². The van der Waals surface area contributed by atoms with Crippen molar-refractivity contribution in [2.24, 2.45) is 5.92 Å². The van der Waals surface area contributed by atoms with Crippen molar-refractivity contribution in [2.75, 3.05) is 26.2 Å². The van der Waals surface area contributed by atoms with E-state index in [2.05, 4.69) is 23.1 Å². The molecule has 1 aliphatic heterocycles. The number of nitrogens with zero attached hydrogens (tertiary/aromatic N) is 1. The van der Waals surface area contributed by atoms with Crippen LogP contribution in [0.3, 0.4) is 0 Å². The first-order chi connectivity index (χ1) is 11.7. The van der Waals surface area contributed by atoms with Crippen molar-refractivity contribution in [2.45, 2.75) is 12.8 Å². The number of aliphatic carboxylic acids is 1. The van der Waals surface area contributed by atoms with Crippen molar-refractivity contribution in [3.8, 4) is 16.9 Å². The molecule has 0 bridgehead atoms. The van der Waals surface area contributed by atoms with Crippen molar-refractivity contribution < 1.29 is 14.6 Å². The van der Waals surface area contributed by atoms with E-state index in [1.54, 1.807) is 0 Å². The highest BCUT2D eigenvalue weighted by Crippen LogP contribution is 2.29. The first-order valence-corrected chi connectivity index (χ1v) is 8.46. The summed E-state index contributed by atoms with van der Waals surface area (Å²) in [7, 11) is 0. The number of carbonyl (C=O) groups is 1. The predicted molar refractivity (Wildman–Crippen MR) is 94.2 cm³/mol. The fraction of sp³-hybridized carbons (Fsp3) is 0.350. The van der Waals surface area contributed by atoms with Gasteiger partial charge in [0.2, 0.25) is 0 Å². The first kappa shape index (κ1) is 16.5. The Morgan fingerprint density at radius 1 is 1.12 bits per heavy atom. The average molecular weight is 325 g/mol. The Bertz CT molecular complexity index is 672. The molecule has 1 N–H and O–H groups in total. The van der Waals surface area contributed by atoms with E-state index in [1.807, 2.05) is 36.4 Å². The minimum absolute atomic E-state index is 0.240. The second-order valence-corrected chi connectivity index (χ2v) is 6.19. The van der Waals surface area contributed by atoms with E-state index in [-0.39, 0.29) is 5.92 Å². The number of likely N-dealkylation sites (tertiary alicyclic amines) is 1. The Balaban J connectivity index is 1.59. The van der Waals surface area contributed by atoms with E-state index in [1.165, 1.54) is 0 Å². The van der Waals surface area contributed by atoms with Crippen LogP contribution in [-0.4, -0.2) is 42.2 Å². The van der Waals surface area contributed by atoms with Gasteiger partial charge >= 0.3 is 5.97 Å². The Morgan fingerprint density at radius 2 is 1.88 bits per heavy atom. The maximum absolute atomic E-state index is 11.1. The monoisotopic (exact) mass is 325 g/mol. The minimum atomic E-state index is -0.685. The molecule has 1 heterocycles. The molecule has 1 atom stereocenters. The molecule has 0 aromatic heterocycles. The zero-order valence-electron chi connectivity index (χ0n) is 13.7. The number of ether oxygens (including phenoxy) is 1. The van der Waals surface area contributed by atoms with Crippen LogP contribution in [0, 0.1) is 5.92 Å². The molecule has 2 aromatic carbocycles. The van der Waals surface area contributed by atoms with Crippen LogP contribution < -0.4 is 4.74 Å². The van der Waals surface area contributed by atoms with Gasteiger partial charge in [-0.3, -0.25) is 9.69 Å². The van der Waals surface area contributed by atoms with Crippen molar-refractivity contribution in [1.82, 2.24) is 4.90 Å². The van der Waals surface area contributed by atoms with Crippen LogP contribution in [0.25, 0.3) is 11.1 Å². The number of carboxylic acid groups (broad SMARTS) is 1. The molecule has 0 aliphatic carbocycles. The summed E-state index contributed by atoms with van der Waals surface area (Å²) >= 11 is 0. The molecular weight excluding hydrogens is 302 g/mol. The lowest BCUT2D eigenvalue weighted by atomic mass is 9.98. The third-order valence-electron chi connectivity index (χ3n) is 4.49. The van der Waals surface area contributed by atoms with Gasteiger partial charge in [-0.25, -0.2) is 0 Å². The largest absolute Gasteiger partial charge is 0.492 e. The lowest BCUT2D eigenvalue weighted by Gasteiger charge is -2.30. The lowest BCUT2D eigenvalue weighted by molar-refractivity contribution is -0.143. The van der Waals surface area contributed by atoms with Crippen LogP contribution in [-0.2, 0) is 4.79 Å². The van der Waals surface area contributed by atoms with Gasteiger partial charge < -0.3 is 9.84 Å². The summed E-state index contributed by atoms with van der Waals surface area (Å²) in [6, 6.07) is 18.2. The van der Waals surface area contributed by atoms with E-state index < -0.39 is 5.97 Å². The molecule has 1 unspecified atom stereocenters. The molecule has 1 saturated heterocycles. The SMILES string of the molecule is O=C(O)C1CCCN(CCOc2ccccc2-c2ccccc2)C1. The van der Waals surface area contributed by atoms with E-state index in [9.17, 15) is 4.79 Å². The number of benzene rings is 2. The zero-order valence-corrected chi connectivity index (χ0v) is 13.7. The molecule has 4 heteroatoms. The highest BCUT2D eigenvalue weighted by molar-refractivity contribution is 5.70. The molecule has 1 fully saturated rings.